The van der Waals surface area contributed by atoms with Crippen LogP contribution in [-0.2, 0) is 35.6 Å². The number of aromatic nitrogens is 1. The zero-order chi connectivity index (χ0) is 40.3. The van der Waals surface area contributed by atoms with E-state index in [1.165, 1.54) is 42.3 Å². The number of nitrogens with one attached hydrogen (secondary N) is 1. The summed E-state index contributed by atoms with van der Waals surface area (Å²) in [6.07, 6.45) is -1.24. The molecule has 2 saturated heterocycles. The number of hydrogen-bond donors (Lipinski definition) is 3. The molecule has 1 saturated carbocycles. The quantitative estimate of drug-likeness (QED) is 0.107. The van der Waals surface area contributed by atoms with Crippen molar-refractivity contribution in [1.29, 1.82) is 0 Å². The van der Waals surface area contributed by atoms with Gasteiger partial charge in [-0.25, -0.2) is 4.98 Å². The highest BCUT2D eigenvalue weighted by Crippen LogP contribution is 2.65. The van der Waals surface area contributed by atoms with Crippen LogP contribution in [0.25, 0.3) is 0 Å². The van der Waals surface area contributed by atoms with E-state index < -0.39 is 81.3 Å². The Kier molecular flexibility index (Phi) is 10.3. The van der Waals surface area contributed by atoms with Crippen LogP contribution in [-0.4, -0.2) is 68.4 Å². The second kappa shape index (κ2) is 14.7. The molecule has 2 aliphatic carbocycles. The van der Waals surface area contributed by atoms with Gasteiger partial charge in [0.2, 0.25) is 11.8 Å². The van der Waals surface area contributed by atoms with Gasteiger partial charge in [-0.15, -0.1) is 0 Å². The van der Waals surface area contributed by atoms with E-state index in [0.717, 1.165) is 0 Å². The number of phenolic OH excluding ortho intramolecular Hbond substituents is 1. The molecule has 3 fully saturated rings. The number of methoxy groups -OCH3 is 1. The van der Waals surface area contributed by atoms with Gasteiger partial charge < -0.3 is 14.9 Å². The minimum absolute atomic E-state index is 0.0441. The number of alkyl halides is 3. The number of imide groups is 2. The monoisotopic (exact) mass is 814 g/mol. The Morgan fingerprint density at radius 1 is 1.00 bits per heavy atom. The number of halogens is 5. The van der Waals surface area contributed by atoms with E-state index in [1.54, 1.807) is 18.2 Å². The molecule has 294 valence electrons. The molecule has 0 spiro atoms. The van der Waals surface area contributed by atoms with Crippen molar-refractivity contribution in [3.05, 3.63) is 93.1 Å². The number of fused-ring (bicyclic) bond motifs is 4. The number of pyridine rings is 1. The smallest absolute Gasteiger partial charge is 0.417 e. The average molecular weight is 816 g/mol. The molecule has 1 aromatic heterocycles. The highest BCUT2D eigenvalue weighted by Gasteiger charge is 2.70. The average Bonchev–Trinajstić information content (AvgIpc) is 3.52. The van der Waals surface area contributed by atoms with Gasteiger partial charge in [0.05, 0.1) is 40.9 Å². The predicted molar refractivity (Wildman–Crippen MR) is 194 cm³/mol. The van der Waals surface area contributed by atoms with Gasteiger partial charge in [-0.2, -0.15) is 18.2 Å². The number of nitrogens with zero attached hydrogens (tertiary/aromatic N) is 3. The minimum atomic E-state index is -4.77. The number of hydrazine groups is 1. The topological polar surface area (TPSA) is 166 Å². The summed E-state index contributed by atoms with van der Waals surface area (Å²) >= 11 is 12.5. The van der Waals surface area contributed by atoms with Gasteiger partial charge in [0.25, 0.3) is 11.8 Å². The number of rotatable bonds is 11. The van der Waals surface area contributed by atoms with Crippen LogP contribution in [0.5, 0.6) is 11.5 Å². The first-order valence-corrected chi connectivity index (χ1v) is 18.6. The molecule has 0 radical (unpaired) electrons. The second-order valence-corrected chi connectivity index (χ2v) is 15.2. The molecule has 12 nitrogen and oxygen atoms in total. The number of phenols is 1. The number of likely N-dealkylation sites (tertiary alicyclic amines) is 1. The molecule has 2 aromatic carbocycles. The lowest BCUT2D eigenvalue weighted by molar-refractivity contribution is -0.141. The van der Waals surface area contributed by atoms with Crippen molar-refractivity contribution in [2.24, 2.45) is 23.7 Å². The maximum absolute atomic E-state index is 15.3. The first-order valence-electron chi connectivity index (χ1n) is 17.9. The SMILES string of the molecule is COc1ccc(O)c(C2C3=CCC4C(=O)N(CCCCCC(=O)O)C(=O)C4C3CC3C(=O)N(Nc4ncc(C(F)(F)F)cc4Cl)C(=O)C32c2ccc(Cl)cc2)c1. The van der Waals surface area contributed by atoms with Crippen molar-refractivity contribution in [3.8, 4) is 11.5 Å². The maximum Gasteiger partial charge on any atom is 0.417 e. The highest BCUT2D eigenvalue weighted by atomic mass is 35.5. The summed E-state index contributed by atoms with van der Waals surface area (Å²) in [4.78, 5) is 74.1. The lowest BCUT2D eigenvalue weighted by Gasteiger charge is -2.50. The number of carboxylic acid groups (broad SMARTS) is 1. The number of aromatic hydroxyl groups is 1. The van der Waals surface area contributed by atoms with E-state index in [2.05, 4.69) is 10.4 Å². The molecule has 4 aliphatic rings. The fourth-order valence-electron chi connectivity index (χ4n) is 9.03. The van der Waals surface area contributed by atoms with Crippen molar-refractivity contribution in [2.75, 3.05) is 19.1 Å². The molecule has 6 unspecified atom stereocenters. The van der Waals surface area contributed by atoms with Crippen LogP contribution in [0.4, 0.5) is 19.0 Å². The number of ether oxygens (including phenoxy) is 1. The lowest BCUT2D eigenvalue weighted by Crippen LogP contribution is -2.53. The number of carbonyl (C=O) groups is 5. The third-order valence-corrected chi connectivity index (χ3v) is 12.0. The Labute approximate surface area is 328 Å². The van der Waals surface area contributed by atoms with Crippen LogP contribution in [0.1, 0.15) is 61.1 Å². The van der Waals surface area contributed by atoms with E-state index in [1.807, 2.05) is 0 Å². The molecule has 4 amide bonds. The molecule has 3 heterocycles. The molecule has 3 N–H and O–H groups in total. The summed E-state index contributed by atoms with van der Waals surface area (Å²) in [6.45, 7) is 0.0839. The van der Waals surface area contributed by atoms with Crippen LogP contribution in [0.15, 0.2) is 66.4 Å². The van der Waals surface area contributed by atoms with Crippen molar-refractivity contribution < 1.29 is 52.1 Å². The summed E-state index contributed by atoms with van der Waals surface area (Å²) in [7, 11) is 1.41. The first kappa shape index (κ1) is 39.1. The zero-order valence-electron chi connectivity index (χ0n) is 29.7. The number of aliphatic carboxylic acids is 1. The van der Waals surface area contributed by atoms with Gasteiger partial charge in [-0.3, -0.25) is 34.3 Å². The van der Waals surface area contributed by atoms with Crippen LogP contribution in [0, 0.1) is 23.7 Å². The third-order valence-electron chi connectivity index (χ3n) is 11.5. The Hall–Kier alpha value is -5.15. The Balaban J connectivity index is 1.36. The number of amides is 4. The fraction of sp³-hybridized carbons (Fsp3) is 0.385. The normalized spacial score (nSPS) is 25.8. The molecule has 0 bridgehead atoms. The number of carbonyl (C=O) groups excluding carboxylic acids is 4. The van der Waals surface area contributed by atoms with Crippen molar-refractivity contribution in [2.45, 2.75) is 56.0 Å². The predicted octanol–water partition coefficient (Wildman–Crippen LogP) is 6.75. The van der Waals surface area contributed by atoms with Crippen LogP contribution < -0.4 is 10.2 Å². The summed E-state index contributed by atoms with van der Waals surface area (Å²) in [5, 5.41) is 21.0. The van der Waals surface area contributed by atoms with Gasteiger partial charge in [0.15, 0.2) is 5.82 Å². The van der Waals surface area contributed by atoms with Gasteiger partial charge in [-0.1, -0.05) is 53.4 Å². The summed E-state index contributed by atoms with van der Waals surface area (Å²) in [6, 6.07) is 11.3. The molecule has 3 aromatic rings. The largest absolute Gasteiger partial charge is 0.508 e. The number of unbranched alkanes of at least 4 members (excludes halogenated alkanes) is 2. The van der Waals surface area contributed by atoms with Crippen molar-refractivity contribution in [1.82, 2.24) is 14.9 Å². The minimum Gasteiger partial charge on any atom is -0.508 e. The van der Waals surface area contributed by atoms with Crippen LogP contribution in [0.2, 0.25) is 10.0 Å². The van der Waals surface area contributed by atoms with Crippen LogP contribution >= 0.6 is 23.2 Å². The van der Waals surface area contributed by atoms with E-state index in [-0.39, 0.29) is 43.0 Å². The highest BCUT2D eigenvalue weighted by molar-refractivity contribution is 6.33. The van der Waals surface area contributed by atoms with Gasteiger partial charge in [-0.05, 0) is 73.6 Å². The lowest BCUT2D eigenvalue weighted by atomic mass is 9.49. The summed E-state index contributed by atoms with van der Waals surface area (Å²) in [5.74, 6) is -8.62. The third kappa shape index (κ3) is 6.43. The van der Waals surface area contributed by atoms with E-state index in [4.69, 9.17) is 33.0 Å². The molecule has 17 heteroatoms. The second-order valence-electron chi connectivity index (χ2n) is 14.4. The fourth-order valence-corrected chi connectivity index (χ4v) is 9.36. The number of allylic oxidation sites excluding steroid dienone is 2. The molecule has 56 heavy (non-hydrogen) atoms. The van der Waals surface area contributed by atoms with Crippen LogP contribution in [0.3, 0.4) is 0 Å². The molecular weight excluding hydrogens is 780 g/mol. The van der Waals surface area contributed by atoms with Gasteiger partial charge in [0, 0.05) is 35.7 Å². The molecule has 7 rings (SSSR count). The zero-order valence-corrected chi connectivity index (χ0v) is 31.2. The Bertz CT molecular complexity index is 2170. The first-order chi connectivity index (χ1) is 26.6. The number of carboxylic acids is 1. The number of benzene rings is 2. The Morgan fingerprint density at radius 3 is 2.39 bits per heavy atom. The van der Waals surface area contributed by atoms with Gasteiger partial charge >= 0.3 is 12.1 Å². The van der Waals surface area contributed by atoms with E-state index >= 15 is 4.79 Å². The van der Waals surface area contributed by atoms with E-state index in [9.17, 15) is 37.5 Å². The van der Waals surface area contributed by atoms with E-state index in [0.29, 0.717) is 58.4 Å². The number of hydrogen-bond acceptors (Lipinski definition) is 9. The summed E-state index contributed by atoms with van der Waals surface area (Å²) in [5.41, 5.74) is 0.639. The van der Waals surface area contributed by atoms with Gasteiger partial charge in [0.1, 0.15) is 11.5 Å². The summed E-state index contributed by atoms with van der Waals surface area (Å²) < 4.78 is 45.9. The molecular formula is C39H35Cl2F3N4O8. The molecule has 2 aliphatic heterocycles. The standard InChI is InChI=1S/C39H35Cl2F3N4O8/c1-56-22-10-13-29(49)26(16-22)32-23-11-12-24-31(36(54)47(34(24)52)14-4-2-3-5-30(50)51)25(23)17-27-35(53)48(37(55)38(27,32)19-6-8-21(40)9-7-19)46-33-28(41)15-20(18-45-33)39(42,43)44/h6-11,13,15-16,18,24-25,27,31-32,49H,2-5,12,14,17H2,1H3,(H,45,46)(H,50,51). The Morgan fingerprint density at radius 2 is 1.73 bits per heavy atom. The van der Waals surface area contributed by atoms with Crippen molar-refractivity contribution in [3.63, 3.8) is 0 Å². The maximum atomic E-state index is 15.3. The number of anilines is 1. The molecule has 6 atom stereocenters. The van der Waals surface area contributed by atoms with Crippen molar-refractivity contribution >= 4 is 58.6 Å².